The maximum Gasteiger partial charge on any atom is 0.237 e. The van der Waals surface area contributed by atoms with Crippen molar-refractivity contribution in [2.45, 2.75) is 58.0 Å². The van der Waals surface area contributed by atoms with Gasteiger partial charge in [-0.3, -0.25) is 4.79 Å². The van der Waals surface area contributed by atoms with E-state index < -0.39 is 0 Å². The summed E-state index contributed by atoms with van der Waals surface area (Å²) in [5, 5.41) is 3.19. The number of rotatable bonds is 6. The van der Waals surface area contributed by atoms with Crippen LogP contribution in [0.4, 0.5) is 0 Å². The smallest absolute Gasteiger partial charge is 0.237 e. The van der Waals surface area contributed by atoms with Crippen LogP contribution in [0.1, 0.15) is 46.0 Å². The average molecular weight is 224 g/mol. The van der Waals surface area contributed by atoms with Crippen molar-refractivity contribution in [3.8, 4) is 0 Å². The molecule has 0 bridgehead atoms. The third-order valence-electron chi connectivity index (χ3n) is 4.13. The van der Waals surface area contributed by atoms with Crippen LogP contribution in [0.3, 0.4) is 0 Å². The summed E-state index contributed by atoms with van der Waals surface area (Å²) in [5.74, 6) is 1.85. The van der Waals surface area contributed by atoms with Crippen molar-refractivity contribution < 1.29 is 4.79 Å². The molecule has 0 aliphatic heterocycles. The van der Waals surface area contributed by atoms with Gasteiger partial charge in [-0.15, -0.1) is 0 Å². The van der Waals surface area contributed by atoms with E-state index in [1.54, 1.807) is 0 Å². The minimum absolute atomic E-state index is 0.0677. The minimum atomic E-state index is -0.329. The van der Waals surface area contributed by atoms with Crippen molar-refractivity contribution >= 4 is 5.91 Å². The van der Waals surface area contributed by atoms with E-state index in [2.05, 4.69) is 12.2 Å². The topological polar surface area (TPSA) is 55.1 Å². The maximum absolute atomic E-state index is 12.0. The van der Waals surface area contributed by atoms with Crippen LogP contribution in [-0.2, 0) is 4.79 Å². The van der Waals surface area contributed by atoms with Gasteiger partial charge in [-0.05, 0) is 43.4 Å². The summed E-state index contributed by atoms with van der Waals surface area (Å²) in [5.41, 5.74) is 5.95. The fourth-order valence-corrected chi connectivity index (χ4v) is 2.30. The summed E-state index contributed by atoms with van der Waals surface area (Å²) in [7, 11) is 0. The molecule has 0 aromatic carbocycles. The number of amides is 1. The van der Waals surface area contributed by atoms with Gasteiger partial charge in [0.05, 0.1) is 6.04 Å². The second kappa shape index (κ2) is 4.74. The molecule has 92 valence electrons. The minimum Gasteiger partial charge on any atom is -0.351 e. The van der Waals surface area contributed by atoms with Gasteiger partial charge >= 0.3 is 0 Å². The number of hydrogen-bond acceptors (Lipinski definition) is 2. The molecule has 3 N–H and O–H groups in total. The largest absolute Gasteiger partial charge is 0.351 e. The average Bonchev–Trinajstić information content (AvgIpc) is 3.15. The first kappa shape index (κ1) is 11.9. The molecular formula is C13H24N2O. The molecule has 16 heavy (non-hydrogen) atoms. The molecule has 2 aliphatic carbocycles. The molecule has 0 aromatic heterocycles. The Bertz CT molecular complexity index is 247. The highest BCUT2D eigenvalue weighted by molar-refractivity contribution is 5.82. The quantitative estimate of drug-likeness (QED) is 0.721. The van der Waals surface area contributed by atoms with Gasteiger partial charge in [0.2, 0.25) is 5.91 Å². The highest BCUT2D eigenvalue weighted by Crippen LogP contribution is 2.44. The van der Waals surface area contributed by atoms with E-state index in [-0.39, 0.29) is 17.9 Å². The first-order chi connectivity index (χ1) is 7.63. The molecule has 0 unspecified atom stereocenters. The molecule has 2 saturated carbocycles. The molecule has 0 saturated heterocycles. The van der Waals surface area contributed by atoms with Crippen molar-refractivity contribution in [1.29, 1.82) is 0 Å². The Hall–Kier alpha value is -0.570. The maximum atomic E-state index is 12.0. The summed E-state index contributed by atoms with van der Waals surface area (Å²) in [6.07, 6.45) is 6.13. The third kappa shape index (κ3) is 2.76. The van der Waals surface area contributed by atoms with Crippen LogP contribution in [0.2, 0.25) is 0 Å². The predicted molar refractivity (Wildman–Crippen MR) is 64.8 cm³/mol. The molecule has 0 aromatic rings. The molecule has 2 fully saturated rings. The van der Waals surface area contributed by atoms with Gasteiger partial charge in [0.25, 0.3) is 0 Å². The molecule has 2 atom stereocenters. The van der Waals surface area contributed by atoms with Gasteiger partial charge in [-0.1, -0.05) is 20.3 Å². The van der Waals surface area contributed by atoms with E-state index in [0.717, 1.165) is 18.3 Å². The van der Waals surface area contributed by atoms with Gasteiger partial charge in [0.15, 0.2) is 0 Å². The van der Waals surface area contributed by atoms with E-state index in [0.29, 0.717) is 6.04 Å². The van der Waals surface area contributed by atoms with E-state index in [4.69, 9.17) is 5.73 Å². The van der Waals surface area contributed by atoms with E-state index >= 15 is 0 Å². The molecule has 3 nitrogen and oxygen atoms in total. The number of nitrogens with one attached hydrogen (secondary N) is 1. The SMILES string of the molecule is CC[C@H](C)[C@H](N)C(=O)NC(C1CC1)C1CC1. The zero-order valence-corrected chi connectivity index (χ0v) is 10.4. The standard InChI is InChI=1S/C13H24N2O/c1-3-8(2)11(14)13(16)15-12(9-4-5-9)10-6-7-10/h8-12H,3-7,14H2,1-2H3,(H,15,16)/t8-,11-/m0/s1. The summed E-state index contributed by atoms with van der Waals surface area (Å²) in [6.45, 7) is 4.13. The van der Waals surface area contributed by atoms with Crippen LogP contribution in [0.15, 0.2) is 0 Å². The van der Waals surface area contributed by atoms with Crippen molar-refractivity contribution in [2.24, 2.45) is 23.5 Å². The van der Waals surface area contributed by atoms with Crippen molar-refractivity contribution in [1.82, 2.24) is 5.32 Å². The molecular weight excluding hydrogens is 200 g/mol. The lowest BCUT2D eigenvalue weighted by molar-refractivity contribution is -0.124. The molecule has 0 heterocycles. The normalized spacial score (nSPS) is 24.2. The summed E-state index contributed by atoms with van der Waals surface area (Å²) >= 11 is 0. The van der Waals surface area contributed by atoms with Crippen LogP contribution in [-0.4, -0.2) is 18.0 Å². The molecule has 2 rings (SSSR count). The summed E-state index contributed by atoms with van der Waals surface area (Å²) < 4.78 is 0. The molecule has 0 radical (unpaired) electrons. The Morgan fingerprint density at radius 1 is 1.31 bits per heavy atom. The highest BCUT2D eigenvalue weighted by atomic mass is 16.2. The van der Waals surface area contributed by atoms with Crippen LogP contribution >= 0.6 is 0 Å². The van der Waals surface area contributed by atoms with Crippen molar-refractivity contribution in [3.63, 3.8) is 0 Å². The third-order valence-corrected chi connectivity index (χ3v) is 4.13. The van der Waals surface area contributed by atoms with Crippen molar-refractivity contribution in [3.05, 3.63) is 0 Å². The number of nitrogens with two attached hydrogens (primary N) is 1. The Morgan fingerprint density at radius 3 is 2.19 bits per heavy atom. The van der Waals surface area contributed by atoms with Crippen LogP contribution < -0.4 is 11.1 Å². The van der Waals surface area contributed by atoms with E-state index in [1.165, 1.54) is 25.7 Å². The first-order valence-corrected chi connectivity index (χ1v) is 6.69. The first-order valence-electron chi connectivity index (χ1n) is 6.69. The van der Waals surface area contributed by atoms with Gasteiger partial charge in [0, 0.05) is 6.04 Å². The predicted octanol–water partition coefficient (Wildman–Crippen LogP) is 1.66. The number of carbonyl (C=O) groups excluding carboxylic acids is 1. The Morgan fingerprint density at radius 2 is 1.81 bits per heavy atom. The van der Waals surface area contributed by atoms with E-state index in [9.17, 15) is 4.79 Å². The number of carbonyl (C=O) groups is 1. The summed E-state index contributed by atoms with van der Waals surface area (Å²) in [4.78, 5) is 12.0. The highest BCUT2D eigenvalue weighted by Gasteiger charge is 2.42. The lowest BCUT2D eigenvalue weighted by Gasteiger charge is -2.23. The van der Waals surface area contributed by atoms with E-state index in [1.807, 2.05) is 6.92 Å². The van der Waals surface area contributed by atoms with Crippen LogP contribution in [0.5, 0.6) is 0 Å². The second-order valence-electron chi connectivity index (χ2n) is 5.62. The molecule has 1 amide bonds. The Labute approximate surface area is 98.2 Å². The van der Waals surface area contributed by atoms with Gasteiger partial charge in [-0.25, -0.2) is 0 Å². The second-order valence-corrected chi connectivity index (χ2v) is 5.62. The molecule has 0 spiro atoms. The lowest BCUT2D eigenvalue weighted by Crippen LogP contribution is -2.49. The summed E-state index contributed by atoms with van der Waals surface area (Å²) in [6, 6.07) is 0.104. The molecule has 3 heteroatoms. The van der Waals surface area contributed by atoms with Crippen LogP contribution in [0.25, 0.3) is 0 Å². The van der Waals surface area contributed by atoms with Crippen LogP contribution in [0, 0.1) is 17.8 Å². The Kier molecular flexibility index (Phi) is 3.53. The monoisotopic (exact) mass is 224 g/mol. The zero-order chi connectivity index (χ0) is 11.7. The lowest BCUT2D eigenvalue weighted by atomic mass is 9.98. The van der Waals surface area contributed by atoms with Gasteiger partial charge < -0.3 is 11.1 Å². The molecule has 2 aliphatic rings. The Balaban J connectivity index is 1.84. The van der Waals surface area contributed by atoms with Gasteiger partial charge in [-0.2, -0.15) is 0 Å². The van der Waals surface area contributed by atoms with Crippen molar-refractivity contribution in [2.75, 3.05) is 0 Å². The number of hydrogen-bond donors (Lipinski definition) is 2. The van der Waals surface area contributed by atoms with Gasteiger partial charge in [0.1, 0.15) is 0 Å². The zero-order valence-electron chi connectivity index (χ0n) is 10.4. The fraction of sp³-hybridized carbons (Fsp3) is 0.923. The fourth-order valence-electron chi connectivity index (χ4n) is 2.30.